The number of hydrogen-bond acceptors (Lipinski definition) is 4. The fourth-order valence-corrected chi connectivity index (χ4v) is 3.44. The van der Waals surface area contributed by atoms with Crippen LogP contribution in [-0.2, 0) is 9.59 Å². The molecule has 0 saturated carbocycles. The van der Waals surface area contributed by atoms with Gasteiger partial charge < -0.3 is 20.6 Å². The number of aliphatic hydroxyl groups excluding tert-OH is 1. The Labute approximate surface area is 132 Å². The van der Waals surface area contributed by atoms with Gasteiger partial charge in [-0.3, -0.25) is 9.59 Å². The normalized spacial score (nSPS) is 26.6. The Hall–Kier alpha value is -1.14. The van der Waals surface area contributed by atoms with Gasteiger partial charge in [-0.1, -0.05) is 12.8 Å². The number of rotatable bonds is 3. The summed E-state index contributed by atoms with van der Waals surface area (Å²) >= 11 is 0. The molecule has 0 bridgehead atoms. The minimum absolute atomic E-state index is 0.0204. The van der Waals surface area contributed by atoms with Crippen LogP contribution in [0.25, 0.3) is 0 Å². The number of carbonyl (C=O) groups is 2. The molecule has 6 heteroatoms. The Morgan fingerprint density at radius 2 is 1.73 bits per heavy atom. The van der Waals surface area contributed by atoms with Crippen molar-refractivity contribution in [2.24, 2.45) is 11.7 Å². The molecule has 0 spiro atoms. The van der Waals surface area contributed by atoms with E-state index in [9.17, 15) is 9.59 Å². The van der Waals surface area contributed by atoms with Crippen LogP contribution >= 0.6 is 0 Å². The minimum atomic E-state index is -0.389. The van der Waals surface area contributed by atoms with Crippen LogP contribution in [0.4, 0.5) is 0 Å². The van der Waals surface area contributed by atoms with Crippen molar-refractivity contribution < 1.29 is 14.7 Å². The average Bonchev–Trinajstić information content (AvgIpc) is 2.96. The Morgan fingerprint density at radius 3 is 2.45 bits per heavy atom. The van der Waals surface area contributed by atoms with Gasteiger partial charge in [0.1, 0.15) is 0 Å². The lowest BCUT2D eigenvalue weighted by Gasteiger charge is -2.29. The summed E-state index contributed by atoms with van der Waals surface area (Å²) in [7, 11) is 0. The molecule has 22 heavy (non-hydrogen) atoms. The topological polar surface area (TPSA) is 86.9 Å². The fraction of sp³-hybridized carbons (Fsp3) is 0.875. The standard InChI is InChI=1S/C16H29N3O3/c17-14-6-2-1-3-8-18(12-14)15(21)16(22)19-9-7-13(11-19)5-4-10-20/h13-14,20H,1-12,17H2. The summed E-state index contributed by atoms with van der Waals surface area (Å²) in [5.41, 5.74) is 6.02. The van der Waals surface area contributed by atoms with Gasteiger partial charge in [-0.2, -0.15) is 0 Å². The van der Waals surface area contributed by atoms with E-state index >= 15 is 0 Å². The van der Waals surface area contributed by atoms with E-state index in [0.29, 0.717) is 32.1 Å². The van der Waals surface area contributed by atoms with Crippen LogP contribution < -0.4 is 5.73 Å². The lowest BCUT2D eigenvalue weighted by atomic mass is 10.0. The zero-order valence-electron chi connectivity index (χ0n) is 13.4. The molecule has 0 radical (unpaired) electrons. The van der Waals surface area contributed by atoms with Gasteiger partial charge in [0, 0.05) is 38.8 Å². The predicted octanol–water partition coefficient (Wildman–Crippen LogP) is 0.337. The lowest BCUT2D eigenvalue weighted by Crippen LogP contribution is -2.49. The highest BCUT2D eigenvalue weighted by Gasteiger charge is 2.32. The zero-order valence-corrected chi connectivity index (χ0v) is 13.4. The molecule has 2 unspecified atom stereocenters. The third-order valence-corrected chi connectivity index (χ3v) is 4.77. The first-order chi connectivity index (χ1) is 10.6. The number of carbonyl (C=O) groups excluding carboxylic acids is 2. The van der Waals surface area contributed by atoms with Crippen molar-refractivity contribution in [1.82, 2.24) is 9.80 Å². The summed E-state index contributed by atoms with van der Waals surface area (Å²) in [6.45, 7) is 2.62. The molecule has 6 nitrogen and oxygen atoms in total. The van der Waals surface area contributed by atoms with Crippen molar-refractivity contribution in [2.45, 2.75) is 51.0 Å². The molecule has 0 aliphatic carbocycles. The van der Waals surface area contributed by atoms with Crippen molar-refractivity contribution >= 4 is 11.8 Å². The van der Waals surface area contributed by atoms with Gasteiger partial charge in [0.2, 0.25) is 0 Å². The summed E-state index contributed by atoms with van der Waals surface area (Å²) in [6.07, 6.45) is 6.66. The number of nitrogens with zero attached hydrogens (tertiary/aromatic N) is 2. The predicted molar refractivity (Wildman–Crippen MR) is 84.0 cm³/mol. The Morgan fingerprint density at radius 1 is 1.00 bits per heavy atom. The van der Waals surface area contributed by atoms with Crippen LogP contribution in [-0.4, -0.2) is 65.5 Å². The summed E-state index contributed by atoms with van der Waals surface area (Å²) in [4.78, 5) is 28.2. The van der Waals surface area contributed by atoms with E-state index in [4.69, 9.17) is 10.8 Å². The molecule has 3 N–H and O–H groups in total. The van der Waals surface area contributed by atoms with Gasteiger partial charge in [0.15, 0.2) is 0 Å². The zero-order chi connectivity index (χ0) is 15.9. The Kier molecular flexibility index (Phi) is 6.64. The van der Waals surface area contributed by atoms with Gasteiger partial charge in [0.25, 0.3) is 0 Å². The first kappa shape index (κ1) is 17.2. The number of nitrogens with two attached hydrogens (primary N) is 1. The molecule has 2 rings (SSSR count). The second-order valence-corrected chi connectivity index (χ2v) is 6.63. The summed E-state index contributed by atoms with van der Waals surface area (Å²) in [5.74, 6) is -0.349. The molecule has 2 fully saturated rings. The fourth-order valence-electron chi connectivity index (χ4n) is 3.44. The SMILES string of the molecule is NC1CCCCCN(C(=O)C(=O)N2CCC(CCCO)C2)C1. The third kappa shape index (κ3) is 4.68. The first-order valence-corrected chi connectivity index (χ1v) is 8.56. The molecule has 2 saturated heterocycles. The molecule has 2 amide bonds. The minimum Gasteiger partial charge on any atom is -0.396 e. The largest absolute Gasteiger partial charge is 0.396 e. The second kappa shape index (κ2) is 8.48. The van der Waals surface area contributed by atoms with Crippen molar-refractivity contribution in [1.29, 1.82) is 0 Å². The average molecular weight is 311 g/mol. The van der Waals surface area contributed by atoms with Crippen LogP contribution in [0.5, 0.6) is 0 Å². The highest BCUT2D eigenvalue weighted by atomic mass is 16.3. The molecule has 2 aliphatic rings. The molecule has 2 heterocycles. The first-order valence-electron chi connectivity index (χ1n) is 8.56. The van der Waals surface area contributed by atoms with Gasteiger partial charge in [-0.15, -0.1) is 0 Å². The summed E-state index contributed by atoms with van der Waals surface area (Å²) in [6, 6.07) is -0.0204. The molecule has 0 aromatic heterocycles. The monoisotopic (exact) mass is 311 g/mol. The molecule has 0 aromatic carbocycles. The van der Waals surface area contributed by atoms with Gasteiger partial charge in [0.05, 0.1) is 0 Å². The quantitative estimate of drug-likeness (QED) is 0.736. The molecule has 0 aromatic rings. The highest BCUT2D eigenvalue weighted by molar-refractivity contribution is 6.34. The maximum Gasteiger partial charge on any atom is 0.312 e. The van der Waals surface area contributed by atoms with Crippen LogP contribution in [0.1, 0.15) is 44.9 Å². The van der Waals surface area contributed by atoms with Gasteiger partial charge in [-0.25, -0.2) is 0 Å². The van der Waals surface area contributed by atoms with Crippen LogP contribution in [0.15, 0.2) is 0 Å². The molecule has 2 aliphatic heterocycles. The number of amides is 2. The summed E-state index contributed by atoms with van der Waals surface area (Å²) < 4.78 is 0. The number of likely N-dealkylation sites (tertiary alicyclic amines) is 2. The van der Waals surface area contributed by atoms with E-state index in [2.05, 4.69) is 0 Å². The van der Waals surface area contributed by atoms with E-state index < -0.39 is 0 Å². The maximum absolute atomic E-state index is 12.5. The summed E-state index contributed by atoms with van der Waals surface area (Å²) in [5, 5.41) is 8.88. The van der Waals surface area contributed by atoms with Crippen LogP contribution in [0, 0.1) is 5.92 Å². The Balaban J connectivity index is 1.87. The van der Waals surface area contributed by atoms with E-state index in [-0.39, 0.29) is 24.5 Å². The van der Waals surface area contributed by atoms with E-state index in [1.54, 1.807) is 9.80 Å². The van der Waals surface area contributed by atoms with Gasteiger partial charge >= 0.3 is 11.8 Å². The van der Waals surface area contributed by atoms with Gasteiger partial charge in [-0.05, 0) is 38.0 Å². The van der Waals surface area contributed by atoms with Crippen LogP contribution in [0.3, 0.4) is 0 Å². The molecule has 126 valence electrons. The third-order valence-electron chi connectivity index (χ3n) is 4.77. The maximum atomic E-state index is 12.5. The molecular weight excluding hydrogens is 282 g/mol. The number of hydrogen-bond donors (Lipinski definition) is 2. The van der Waals surface area contributed by atoms with E-state index in [1.165, 1.54) is 0 Å². The Bertz CT molecular complexity index is 389. The van der Waals surface area contributed by atoms with Crippen molar-refractivity contribution in [3.05, 3.63) is 0 Å². The van der Waals surface area contributed by atoms with E-state index in [0.717, 1.165) is 44.9 Å². The molecular formula is C16H29N3O3. The van der Waals surface area contributed by atoms with Crippen molar-refractivity contribution in [3.63, 3.8) is 0 Å². The highest BCUT2D eigenvalue weighted by Crippen LogP contribution is 2.21. The lowest BCUT2D eigenvalue weighted by molar-refractivity contribution is -0.151. The van der Waals surface area contributed by atoms with E-state index in [1.807, 2.05) is 0 Å². The smallest absolute Gasteiger partial charge is 0.312 e. The van der Waals surface area contributed by atoms with Crippen LogP contribution in [0.2, 0.25) is 0 Å². The van der Waals surface area contributed by atoms with Crippen molar-refractivity contribution in [3.8, 4) is 0 Å². The second-order valence-electron chi connectivity index (χ2n) is 6.63. The van der Waals surface area contributed by atoms with Crippen molar-refractivity contribution in [2.75, 3.05) is 32.8 Å². The number of aliphatic hydroxyl groups is 1. The molecule has 2 atom stereocenters.